The fourth-order valence-electron chi connectivity index (χ4n) is 1.46. The molecule has 0 fully saturated rings. The van der Waals surface area contributed by atoms with Crippen LogP contribution in [0.15, 0.2) is 5.38 Å². The molecule has 0 saturated carbocycles. The molecule has 0 bridgehead atoms. The van der Waals surface area contributed by atoms with E-state index in [0.29, 0.717) is 5.92 Å². The Bertz CT molecular complexity index is 257. The molecule has 0 amide bonds. The lowest BCUT2D eigenvalue weighted by atomic mass is 10.0. The van der Waals surface area contributed by atoms with Gasteiger partial charge in [0.2, 0.25) is 0 Å². The maximum Gasteiger partial charge on any atom is 0.0930 e. The molecule has 0 aliphatic rings. The van der Waals surface area contributed by atoms with Crippen LogP contribution in [-0.2, 0) is 6.42 Å². The summed E-state index contributed by atoms with van der Waals surface area (Å²) < 4.78 is 0. The predicted molar refractivity (Wildman–Crippen MR) is 56.0 cm³/mol. The Balaban J connectivity index is 2.40. The van der Waals surface area contributed by atoms with Crippen molar-refractivity contribution in [1.82, 2.24) is 4.98 Å². The van der Waals surface area contributed by atoms with Crippen molar-refractivity contribution < 1.29 is 5.11 Å². The number of aryl methyl sites for hydroxylation is 1. The molecule has 0 spiro atoms. The predicted octanol–water partition coefficient (Wildman–Crippen LogP) is 2.40. The van der Waals surface area contributed by atoms with Crippen LogP contribution in [0.2, 0.25) is 0 Å². The van der Waals surface area contributed by atoms with Crippen LogP contribution in [0.1, 0.15) is 31.0 Å². The summed E-state index contributed by atoms with van der Waals surface area (Å²) in [5, 5.41) is 12.4. The summed E-state index contributed by atoms with van der Waals surface area (Å²) in [5.41, 5.74) is 1.10. The topological polar surface area (TPSA) is 33.1 Å². The van der Waals surface area contributed by atoms with Crippen LogP contribution in [0.25, 0.3) is 0 Å². The summed E-state index contributed by atoms with van der Waals surface area (Å²) in [6.45, 7) is 6.01. The van der Waals surface area contributed by atoms with Gasteiger partial charge in [-0.3, -0.25) is 0 Å². The summed E-state index contributed by atoms with van der Waals surface area (Å²) in [6.07, 6.45) is 1.65. The zero-order valence-corrected chi connectivity index (χ0v) is 9.27. The van der Waals surface area contributed by atoms with E-state index in [9.17, 15) is 5.11 Å². The van der Waals surface area contributed by atoms with Gasteiger partial charge in [-0.05, 0) is 26.2 Å². The minimum Gasteiger partial charge on any atom is -0.393 e. The number of aliphatic hydroxyl groups excluding tert-OH is 1. The maximum absolute atomic E-state index is 9.19. The van der Waals surface area contributed by atoms with Crippen molar-refractivity contribution in [2.75, 3.05) is 0 Å². The SMILES string of the molecule is Cc1csc(CC(C)CC(C)O)n1. The Morgan fingerprint density at radius 2 is 2.23 bits per heavy atom. The van der Waals surface area contributed by atoms with Crippen LogP contribution in [0.4, 0.5) is 0 Å². The second-order valence-corrected chi connectivity index (χ2v) is 4.72. The number of nitrogens with zero attached hydrogens (tertiary/aromatic N) is 1. The minimum atomic E-state index is -0.198. The molecule has 0 aromatic carbocycles. The van der Waals surface area contributed by atoms with Gasteiger partial charge in [-0.15, -0.1) is 11.3 Å². The zero-order valence-electron chi connectivity index (χ0n) is 8.45. The molecule has 0 aliphatic heterocycles. The maximum atomic E-state index is 9.19. The van der Waals surface area contributed by atoms with E-state index in [2.05, 4.69) is 17.3 Å². The summed E-state index contributed by atoms with van der Waals surface area (Å²) in [5.74, 6) is 0.519. The normalized spacial score (nSPS) is 15.7. The molecule has 13 heavy (non-hydrogen) atoms. The summed E-state index contributed by atoms with van der Waals surface area (Å²) in [4.78, 5) is 4.39. The van der Waals surface area contributed by atoms with Crippen molar-refractivity contribution in [3.8, 4) is 0 Å². The quantitative estimate of drug-likeness (QED) is 0.807. The van der Waals surface area contributed by atoms with E-state index in [-0.39, 0.29) is 6.10 Å². The van der Waals surface area contributed by atoms with Crippen LogP contribution < -0.4 is 0 Å². The molecule has 2 atom stereocenters. The highest BCUT2D eigenvalue weighted by Gasteiger charge is 2.09. The first-order valence-corrected chi connectivity index (χ1v) is 5.55. The third-order valence-electron chi connectivity index (χ3n) is 1.93. The average Bonchev–Trinajstić information content (AvgIpc) is 2.33. The molecule has 1 aromatic heterocycles. The molecular formula is C10H17NOS. The first-order chi connectivity index (χ1) is 6.08. The van der Waals surface area contributed by atoms with Crippen molar-refractivity contribution >= 4 is 11.3 Å². The van der Waals surface area contributed by atoms with Crippen LogP contribution in [0.3, 0.4) is 0 Å². The van der Waals surface area contributed by atoms with E-state index < -0.39 is 0 Å². The lowest BCUT2D eigenvalue weighted by Gasteiger charge is -2.10. The Labute approximate surface area is 83.6 Å². The van der Waals surface area contributed by atoms with Gasteiger partial charge < -0.3 is 5.11 Å². The highest BCUT2D eigenvalue weighted by atomic mass is 32.1. The number of rotatable bonds is 4. The van der Waals surface area contributed by atoms with Crippen molar-refractivity contribution in [3.63, 3.8) is 0 Å². The van der Waals surface area contributed by atoms with Crippen LogP contribution in [-0.4, -0.2) is 16.2 Å². The van der Waals surface area contributed by atoms with Crippen LogP contribution in [0.5, 0.6) is 0 Å². The molecule has 74 valence electrons. The smallest absolute Gasteiger partial charge is 0.0930 e. The molecule has 2 nitrogen and oxygen atoms in total. The van der Waals surface area contributed by atoms with Gasteiger partial charge in [-0.2, -0.15) is 0 Å². The van der Waals surface area contributed by atoms with Gasteiger partial charge in [0.25, 0.3) is 0 Å². The standard InChI is InChI=1S/C10H17NOS/c1-7(4-9(3)12)5-10-11-8(2)6-13-10/h6-7,9,12H,4-5H2,1-3H3. The van der Waals surface area contributed by atoms with Gasteiger partial charge in [0.05, 0.1) is 11.1 Å². The van der Waals surface area contributed by atoms with E-state index >= 15 is 0 Å². The molecule has 1 N–H and O–H groups in total. The van der Waals surface area contributed by atoms with Gasteiger partial charge in [-0.1, -0.05) is 6.92 Å². The molecular weight excluding hydrogens is 182 g/mol. The molecule has 0 saturated heterocycles. The van der Waals surface area contributed by atoms with Crippen LogP contribution in [0, 0.1) is 12.8 Å². The van der Waals surface area contributed by atoms with Crippen molar-refractivity contribution in [2.24, 2.45) is 5.92 Å². The highest BCUT2D eigenvalue weighted by molar-refractivity contribution is 7.09. The van der Waals surface area contributed by atoms with E-state index in [4.69, 9.17) is 0 Å². The first kappa shape index (κ1) is 10.7. The minimum absolute atomic E-state index is 0.198. The number of hydrogen-bond donors (Lipinski definition) is 1. The van der Waals surface area contributed by atoms with Crippen molar-refractivity contribution in [2.45, 2.75) is 39.7 Å². The molecule has 1 rings (SSSR count). The average molecular weight is 199 g/mol. The van der Waals surface area contributed by atoms with Gasteiger partial charge in [0, 0.05) is 17.5 Å². The number of hydrogen-bond acceptors (Lipinski definition) is 3. The van der Waals surface area contributed by atoms with Gasteiger partial charge in [0.15, 0.2) is 0 Å². The molecule has 1 heterocycles. The summed E-state index contributed by atoms with van der Waals surface area (Å²) in [6, 6.07) is 0. The van der Waals surface area contributed by atoms with Crippen molar-refractivity contribution in [1.29, 1.82) is 0 Å². The summed E-state index contributed by atoms with van der Waals surface area (Å²) in [7, 11) is 0. The molecule has 3 heteroatoms. The third-order valence-corrected chi connectivity index (χ3v) is 2.92. The Hall–Kier alpha value is -0.410. The van der Waals surface area contributed by atoms with E-state index in [1.165, 1.54) is 5.01 Å². The zero-order chi connectivity index (χ0) is 9.84. The number of aromatic nitrogens is 1. The molecule has 2 unspecified atom stereocenters. The van der Waals surface area contributed by atoms with Gasteiger partial charge in [0.1, 0.15) is 0 Å². The highest BCUT2D eigenvalue weighted by Crippen LogP contribution is 2.16. The Morgan fingerprint density at radius 1 is 1.54 bits per heavy atom. The summed E-state index contributed by atoms with van der Waals surface area (Å²) >= 11 is 1.71. The molecule has 1 aromatic rings. The number of thiazole rings is 1. The van der Waals surface area contributed by atoms with E-state index in [0.717, 1.165) is 18.5 Å². The molecule has 0 aliphatic carbocycles. The monoisotopic (exact) mass is 199 g/mol. The third kappa shape index (κ3) is 3.87. The molecule has 0 radical (unpaired) electrons. The first-order valence-electron chi connectivity index (χ1n) is 4.67. The largest absolute Gasteiger partial charge is 0.393 e. The number of aliphatic hydroxyl groups is 1. The van der Waals surface area contributed by atoms with Crippen LogP contribution >= 0.6 is 11.3 Å². The second kappa shape index (κ2) is 4.72. The fourth-order valence-corrected chi connectivity index (χ4v) is 2.40. The Morgan fingerprint density at radius 3 is 2.69 bits per heavy atom. The van der Waals surface area contributed by atoms with E-state index in [1.54, 1.807) is 11.3 Å². The lowest BCUT2D eigenvalue weighted by molar-refractivity contribution is 0.164. The fraction of sp³-hybridized carbons (Fsp3) is 0.700. The van der Waals surface area contributed by atoms with E-state index in [1.807, 2.05) is 13.8 Å². The van der Waals surface area contributed by atoms with Gasteiger partial charge in [-0.25, -0.2) is 4.98 Å². The van der Waals surface area contributed by atoms with Crippen molar-refractivity contribution in [3.05, 3.63) is 16.1 Å². The second-order valence-electron chi connectivity index (χ2n) is 3.78. The van der Waals surface area contributed by atoms with Gasteiger partial charge >= 0.3 is 0 Å². The Kier molecular flexibility index (Phi) is 3.88. The lowest BCUT2D eigenvalue weighted by Crippen LogP contribution is -2.09.